The summed E-state index contributed by atoms with van der Waals surface area (Å²) in [5.74, 6) is 4.30. The second-order valence-corrected chi connectivity index (χ2v) is 23.7. The lowest BCUT2D eigenvalue weighted by Crippen LogP contribution is -2.49. The number of nitrogens with zero attached hydrogens (tertiary/aromatic N) is 4. The number of hydrogen-bond acceptors (Lipinski definition) is 15. The van der Waals surface area contributed by atoms with E-state index in [0.29, 0.717) is 33.4 Å². The first kappa shape index (κ1) is 55.2. The minimum absolute atomic E-state index is 0.0126. The summed E-state index contributed by atoms with van der Waals surface area (Å²) in [6.07, 6.45) is 1.08. The lowest BCUT2D eigenvalue weighted by Gasteiger charge is -2.43. The summed E-state index contributed by atoms with van der Waals surface area (Å²) < 4.78 is 62.4. The van der Waals surface area contributed by atoms with Crippen molar-refractivity contribution < 1.29 is 75.7 Å². The van der Waals surface area contributed by atoms with Gasteiger partial charge in [0.05, 0.1) is 42.0 Å². The molecule has 5 atom stereocenters. The van der Waals surface area contributed by atoms with Crippen molar-refractivity contribution in [3.8, 4) is 23.3 Å². The number of nitrogens with two attached hydrogens (primary N) is 1. The first-order valence-corrected chi connectivity index (χ1v) is 28.0. The number of nitrogen functional groups attached to an aromatic ring is 1. The van der Waals surface area contributed by atoms with E-state index in [4.69, 9.17) is 25.0 Å². The maximum atomic E-state index is 13.7. The van der Waals surface area contributed by atoms with Gasteiger partial charge in [0.1, 0.15) is 36.2 Å². The number of rotatable bonds is 14. The molecule has 26 heteroatoms. The number of carboxylic acids is 1. The van der Waals surface area contributed by atoms with E-state index in [1.54, 1.807) is 6.07 Å². The zero-order valence-corrected chi connectivity index (χ0v) is 44.6. The molecule has 0 saturated carbocycles. The number of carbonyl (C=O) groups excluding carboxylic acids is 1. The van der Waals surface area contributed by atoms with Gasteiger partial charge in [0.15, 0.2) is 5.54 Å². The molecule has 23 nitrogen and oxygen atoms in total. The second kappa shape index (κ2) is 20.1. The molecule has 3 aromatic carbocycles. The minimum Gasteiger partial charge on any atom is -0.478 e. The third-order valence-electron chi connectivity index (χ3n) is 13.2. The largest absolute Gasteiger partial charge is 0.490 e. The van der Waals surface area contributed by atoms with Gasteiger partial charge in [-0.3, -0.25) is 13.9 Å². The van der Waals surface area contributed by atoms with E-state index in [1.165, 1.54) is 12.1 Å². The van der Waals surface area contributed by atoms with Crippen LogP contribution in [0.5, 0.6) is 11.5 Å². The molecular weight excluding hydrogens is 1040 g/mol. The molecule has 4 aromatic rings. The normalized spacial score (nSPS) is 20.9. The van der Waals surface area contributed by atoms with Crippen molar-refractivity contribution in [1.29, 1.82) is 0 Å². The van der Waals surface area contributed by atoms with E-state index >= 15 is 0 Å². The number of carbonyl (C=O) groups is 2. The molecule has 5 heterocycles. The van der Waals surface area contributed by atoms with Crippen LogP contribution in [0.1, 0.15) is 117 Å². The fraction of sp³-hybridized carbons (Fsp3) is 0.367. The van der Waals surface area contributed by atoms with E-state index in [0.717, 1.165) is 57.2 Å². The lowest BCUT2D eigenvalue weighted by molar-refractivity contribution is -0.0449. The number of fused-ring (bicyclic) bond motifs is 4. The summed E-state index contributed by atoms with van der Waals surface area (Å²) in [4.78, 5) is 82.7. The third kappa shape index (κ3) is 11.3. The number of aromatic nitrogens is 2. The van der Waals surface area contributed by atoms with Crippen molar-refractivity contribution >= 4 is 63.6 Å². The summed E-state index contributed by atoms with van der Waals surface area (Å²) in [6.45, 7) is 17.1. The van der Waals surface area contributed by atoms with Crippen LogP contribution in [0.2, 0.25) is 0 Å². The van der Waals surface area contributed by atoms with E-state index in [-0.39, 0.29) is 46.6 Å². The molecule has 75 heavy (non-hydrogen) atoms. The van der Waals surface area contributed by atoms with Gasteiger partial charge in [-0.2, -0.15) is 13.6 Å². The van der Waals surface area contributed by atoms with Crippen molar-refractivity contribution in [2.24, 2.45) is 0 Å². The van der Waals surface area contributed by atoms with Crippen molar-refractivity contribution in [3.63, 3.8) is 0 Å². The van der Waals surface area contributed by atoms with Gasteiger partial charge >= 0.3 is 35.1 Å². The first-order chi connectivity index (χ1) is 34.9. The highest BCUT2D eigenvalue weighted by Crippen LogP contribution is 2.66. The van der Waals surface area contributed by atoms with Crippen molar-refractivity contribution in [2.75, 3.05) is 36.9 Å². The van der Waals surface area contributed by atoms with Gasteiger partial charge in [0.2, 0.25) is 5.36 Å². The molecule has 2 unspecified atom stereocenters. The Bertz CT molecular complexity index is 3570. The van der Waals surface area contributed by atoms with Crippen LogP contribution in [0.15, 0.2) is 65.6 Å². The summed E-state index contributed by atoms with van der Waals surface area (Å²) in [6, 6.07) is 12.6. The number of allylic oxidation sites excluding steroid dienone is 2. The van der Waals surface area contributed by atoms with E-state index in [9.17, 15) is 48.1 Å². The Kier molecular flexibility index (Phi) is 14.8. The molecule has 0 aliphatic carbocycles. The topological polar surface area (TPSA) is 332 Å². The van der Waals surface area contributed by atoms with Gasteiger partial charge in [-0.15, -0.1) is 0 Å². The van der Waals surface area contributed by atoms with Crippen LogP contribution in [0, 0.1) is 11.8 Å². The molecule has 4 aliphatic heterocycles. The maximum absolute atomic E-state index is 13.7. The Hall–Kier alpha value is -6.08. The number of carboxylic acid groups (broad SMARTS) is 1. The predicted molar refractivity (Wildman–Crippen MR) is 274 cm³/mol. The summed E-state index contributed by atoms with van der Waals surface area (Å²) in [7, 11) is -17.0. The van der Waals surface area contributed by atoms with E-state index in [1.807, 2.05) is 12.1 Å². The predicted octanol–water partition coefficient (Wildman–Crippen LogP) is 4.38. The van der Waals surface area contributed by atoms with Crippen LogP contribution in [0.3, 0.4) is 0 Å². The standard InChI is InChI=1S/C49H55N6O17P3/c1-9-54-36-19-39-34(17-31(36)26(3)22-48(54,5)6)43(35-18-32-27(4)23-49(7,8)55(10-2)37(32)20-40(35)69-39)30-14-13-28(16-33(30)46(58)59)45(57)51-15-11-12-29-24-53(47(60)52-44(29)50)42-21-38(56)41(70-42)25-68-74(64,65)72-75(66,67)71-73(61,62)63/h13-14,16-20,22-24,38,41-42,56H,9-10,15,21,25H2,1-8H3,(H7-,50,51,52,57,58,59,60,61,62,63,64,65,66,67)/p+1/t38-,41+,42+/m0/s1. The highest BCUT2D eigenvalue weighted by atomic mass is 31.3. The van der Waals surface area contributed by atoms with Gasteiger partial charge in [-0.05, 0) is 88.6 Å². The molecule has 1 fully saturated rings. The highest BCUT2D eigenvalue weighted by molar-refractivity contribution is 7.66. The van der Waals surface area contributed by atoms with Crippen molar-refractivity contribution in [3.05, 3.63) is 121 Å². The van der Waals surface area contributed by atoms with Gasteiger partial charge in [-0.1, -0.05) is 24.0 Å². The number of nitrogens with one attached hydrogen (secondary N) is 1. The monoisotopic (exact) mass is 1090 g/mol. The lowest BCUT2D eigenvalue weighted by atomic mass is 9.83. The van der Waals surface area contributed by atoms with E-state index in [2.05, 4.69) is 124 Å². The number of amides is 1. The molecule has 1 amide bonds. The molecule has 0 bridgehead atoms. The fourth-order valence-corrected chi connectivity index (χ4v) is 13.2. The van der Waals surface area contributed by atoms with Gasteiger partial charge in [0.25, 0.3) is 5.91 Å². The Balaban J connectivity index is 1.07. The number of anilines is 2. The average molecular weight is 1090 g/mol. The Morgan fingerprint density at radius 2 is 1.64 bits per heavy atom. The molecule has 1 saturated heterocycles. The van der Waals surface area contributed by atoms with Crippen molar-refractivity contribution in [2.45, 2.75) is 91.3 Å². The average Bonchev–Trinajstić information content (AvgIpc) is 3.66. The van der Waals surface area contributed by atoms with E-state index < -0.39 is 66.1 Å². The minimum atomic E-state index is -5.81. The van der Waals surface area contributed by atoms with Crippen LogP contribution < -0.4 is 41.5 Å². The number of aliphatic hydroxyl groups excluding tert-OH is 1. The van der Waals surface area contributed by atoms with Crippen LogP contribution in [0.4, 0.5) is 11.5 Å². The quantitative estimate of drug-likeness (QED) is 0.0434. The Morgan fingerprint density at radius 1 is 0.933 bits per heavy atom. The Morgan fingerprint density at radius 3 is 2.31 bits per heavy atom. The molecular formula is C49H56N6O17P3+. The number of ether oxygens (including phenoxy) is 2. The number of phosphoric acid groups is 3. The third-order valence-corrected chi connectivity index (χ3v) is 17.0. The second-order valence-electron chi connectivity index (χ2n) is 19.3. The van der Waals surface area contributed by atoms with Gasteiger partial charge < -0.3 is 55.2 Å². The first-order valence-electron chi connectivity index (χ1n) is 23.4. The SMILES string of the molecule is CCN1c2cc3c(cc2C(C)=CC1(C)C)C(c1ccc(C(=O)NCC#Cc2cn([C@H]4C[C@H](O)[C@@H](COP(=O)(O)OP(=O)(O)OP(=O)(O)O)O4)c(=O)nc2N)cc1C(=O)O)=c1cc2c(cc1O3)=[N+](CC)C(C)(C)C=C2C. The zero-order valence-electron chi connectivity index (χ0n) is 41.9. The Labute approximate surface area is 429 Å². The molecule has 9 N–H and O–H groups in total. The highest BCUT2D eigenvalue weighted by Gasteiger charge is 2.43. The summed E-state index contributed by atoms with van der Waals surface area (Å²) in [5.41, 5.74) is 11.1. The van der Waals surface area contributed by atoms with Crippen LogP contribution in [-0.2, 0) is 31.6 Å². The fourth-order valence-electron chi connectivity index (χ4n) is 10.2. The maximum Gasteiger partial charge on any atom is 0.490 e. The molecule has 4 aliphatic rings. The number of hydrogen-bond donors (Lipinski definition) is 8. The zero-order chi connectivity index (χ0) is 54.9. The van der Waals surface area contributed by atoms with Crippen LogP contribution in [-0.4, -0.2) is 101 Å². The van der Waals surface area contributed by atoms with Gasteiger partial charge in [-0.25, -0.2) is 27.9 Å². The summed E-state index contributed by atoms with van der Waals surface area (Å²) in [5, 5.41) is 25.8. The number of benzene rings is 3. The number of phosphoric ester groups is 1. The number of aromatic carboxylic acids is 1. The smallest absolute Gasteiger partial charge is 0.478 e. The molecule has 398 valence electrons. The van der Waals surface area contributed by atoms with Crippen LogP contribution in [0.25, 0.3) is 16.7 Å². The number of aliphatic hydroxyl groups is 1. The van der Waals surface area contributed by atoms with Crippen LogP contribution >= 0.6 is 23.5 Å². The molecule has 0 radical (unpaired) electrons. The molecule has 8 rings (SSSR count). The molecule has 0 spiro atoms. The molecule has 1 aromatic heterocycles. The van der Waals surface area contributed by atoms with Gasteiger partial charge in [0, 0.05) is 77.8 Å². The number of likely N-dealkylation sites (N-methyl/N-ethyl adjacent to an activating group) is 2. The summed E-state index contributed by atoms with van der Waals surface area (Å²) >= 11 is 0. The van der Waals surface area contributed by atoms with Crippen molar-refractivity contribution in [1.82, 2.24) is 19.4 Å².